The average molecular weight is 303 g/mol. The molecule has 20 heavy (non-hydrogen) atoms. The van der Waals surface area contributed by atoms with E-state index in [1.54, 1.807) is 13.2 Å². The Bertz CT molecular complexity index is 439. The monoisotopic (exact) mass is 302 g/mol. The summed E-state index contributed by atoms with van der Waals surface area (Å²) in [5.41, 5.74) is 0.666. The number of hydrogen-bond acceptors (Lipinski definition) is 3. The van der Waals surface area contributed by atoms with Crippen molar-refractivity contribution >= 4 is 17.4 Å². The van der Waals surface area contributed by atoms with Gasteiger partial charge >= 0.3 is 0 Å². The number of halogens is 2. The molecule has 5 heteroatoms. The fraction of sp³-hybridized carbons (Fsp3) is 0.533. The molecular weight excluding hydrogens is 283 g/mol. The van der Waals surface area contributed by atoms with E-state index in [1.807, 2.05) is 6.92 Å². The lowest BCUT2D eigenvalue weighted by Gasteiger charge is -2.15. The Kier molecular flexibility index (Phi) is 6.96. The Balaban J connectivity index is 2.91. The molecule has 0 aliphatic carbocycles. The van der Waals surface area contributed by atoms with Gasteiger partial charge in [0.15, 0.2) is 11.6 Å². The van der Waals surface area contributed by atoms with Crippen LogP contribution in [-0.2, 0) is 16.0 Å². The molecule has 3 nitrogen and oxygen atoms in total. The standard InChI is InChI=1S/C15H20ClFO3/c1-4-5-14(18)11(9-19-2)6-10-7-12(16)15(20-3)13(17)8-10/h7-8,11H,4-6,9H2,1-3H3. The molecule has 0 radical (unpaired) electrons. The van der Waals surface area contributed by atoms with Gasteiger partial charge < -0.3 is 9.47 Å². The summed E-state index contributed by atoms with van der Waals surface area (Å²) in [6.45, 7) is 2.27. The van der Waals surface area contributed by atoms with E-state index in [0.29, 0.717) is 25.0 Å². The van der Waals surface area contributed by atoms with Crippen molar-refractivity contribution in [1.29, 1.82) is 0 Å². The molecule has 0 saturated carbocycles. The van der Waals surface area contributed by atoms with Crippen LogP contribution < -0.4 is 4.74 Å². The minimum Gasteiger partial charge on any atom is -0.492 e. The van der Waals surface area contributed by atoms with Crippen molar-refractivity contribution < 1.29 is 18.7 Å². The second-order valence-corrected chi connectivity index (χ2v) is 5.07. The zero-order valence-electron chi connectivity index (χ0n) is 12.0. The molecule has 0 bridgehead atoms. The van der Waals surface area contributed by atoms with Gasteiger partial charge in [-0.05, 0) is 30.5 Å². The van der Waals surface area contributed by atoms with Gasteiger partial charge in [0.25, 0.3) is 0 Å². The molecule has 0 aromatic heterocycles. The summed E-state index contributed by atoms with van der Waals surface area (Å²) in [5.74, 6) is -0.641. The fourth-order valence-electron chi connectivity index (χ4n) is 2.13. The third-order valence-electron chi connectivity index (χ3n) is 3.06. The van der Waals surface area contributed by atoms with Crippen LogP contribution >= 0.6 is 11.6 Å². The smallest absolute Gasteiger partial charge is 0.173 e. The third kappa shape index (κ3) is 4.46. The molecule has 0 spiro atoms. The highest BCUT2D eigenvalue weighted by Crippen LogP contribution is 2.30. The first kappa shape index (κ1) is 16.9. The van der Waals surface area contributed by atoms with Crippen LogP contribution in [0.4, 0.5) is 4.39 Å². The first-order valence-corrected chi connectivity index (χ1v) is 6.94. The number of hydrogen-bond donors (Lipinski definition) is 0. The average Bonchev–Trinajstić information content (AvgIpc) is 2.38. The molecule has 0 aliphatic rings. The maximum Gasteiger partial charge on any atom is 0.173 e. The Morgan fingerprint density at radius 3 is 2.60 bits per heavy atom. The molecule has 0 saturated heterocycles. The second-order valence-electron chi connectivity index (χ2n) is 4.67. The minimum absolute atomic E-state index is 0.0265. The molecule has 0 N–H and O–H groups in total. The molecule has 112 valence electrons. The van der Waals surface area contributed by atoms with Gasteiger partial charge in [-0.25, -0.2) is 4.39 Å². The molecule has 1 atom stereocenters. The lowest BCUT2D eigenvalue weighted by Crippen LogP contribution is -2.22. The molecule has 0 heterocycles. The highest BCUT2D eigenvalue weighted by Gasteiger charge is 2.20. The van der Waals surface area contributed by atoms with Crippen LogP contribution in [0.25, 0.3) is 0 Å². The van der Waals surface area contributed by atoms with Crippen LogP contribution in [0.15, 0.2) is 12.1 Å². The predicted molar refractivity (Wildman–Crippen MR) is 76.9 cm³/mol. The summed E-state index contributed by atoms with van der Waals surface area (Å²) in [4.78, 5) is 12.0. The van der Waals surface area contributed by atoms with Crippen LogP contribution in [-0.4, -0.2) is 26.6 Å². The van der Waals surface area contributed by atoms with Crippen molar-refractivity contribution in [2.75, 3.05) is 20.8 Å². The van der Waals surface area contributed by atoms with Crippen LogP contribution in [0.1, 0.15) is 25.3 Å². The Hall–Kier alpha value is -1.13. The molecule has 0 amide bonds. The summed E-state index contributed by atoms with van der Waals surface area (Å²) >= 11 is 5.95. The molecular formula is C15H20ClFO3. The van der Waals surface area contributed by atoms with Gasteiger partial charge in [-0.15, -0.1) is 0 Å². The molecule has 1 aromatic rings. The maximum absolute atomic E-state index is 13.8. The zero-order chi connectivity index (χ0) is 15.1. The first-order valence-electron chi connectivity index (χ1n) is 6.57. The van der Waals surface area contributed by atoms with Crippen molar-refractivity contribution in [3.05, 3.63) is 28.5 Å². The van der Waals surface area contributed by atoms with Crippen molar-refractivity contribution in [3.8, 4) is 5.75 Å². The lowest BCUT2D eigenvalue weighted by molar-refractivity contribution is -0.124. The number of methoxy groups -OCH3 is 2. The molecule has 1 aromatic carbocycles. The van der Waals surface area contributed by atoms with Crippen LogP contribution in [0.3, 0.4) is 0 Å². The number of Topliss-reactive ketones (excluding diaryl/α,β-unsaturated/α-hetero) is 1. The van der Waals surface area contributed by atoms with Crippen molar-refractivity contribution in [3.63, 3.8) is 0 Å². The van der Waals surface area contributed by atoms with E-state index < -0.39 is 5.82 Å². The molecule has 1 unspecified atom stereocenters. The minimum atomic E-state index is -0.519. The number of ether oxygens (including phenoxy) is 2. The summed E-state index contributed by atoms with van der Waals surface area (Å²) in [5, 5.41) is 0.210. The number of carbonyl (C=O) groups is 1. The van der Waals surface area contributed by atoms with Crippen LogP contribution in [0, 0.1) is 11.7 Å². The van der Waals surface area contributed by atoms with Gasteiger partial charge in [0.2, 0.25) is 0 Å². The van der Waals surface area contributed by atoms with Crippen molar-refractivity contribution in [2.45, 2.75) is 26.2 Å². The number of benzene rings is 1. The van der Waals surface area contributed by atoms with Gasteiger partial charge in [0.05, 0.1) is 18.7 Å². The van der Waals surface area contributed by atoms with Gasteiger partial charge in [-0.2, -0.15) is 0 Å². The lowest BCUT2D eigenvalue weighted by atomic mass is 9.93. The third-order valence-corrected chi connectivity index (χ3v) is 3.34. The SMILES string of the molecule is CCCC(=O)C(COC)Cc1cc(F)c(OC)c(Cl)c1. The van der Waals surface area contributed by atoms with Crippen LogP contribution in [0.5, 0.6) is 5.75 Å². The van der Waals surface area contributed by atoms with Gasteiger partial charge in [0, 0.05) is 19.4 Å². The molecule has 1 rings (SSSR count). The quantitative estimate of drug-likeness (QED) is 0.735. The molecule has 0 fully saturated rings. The Labute approximate surface area is 124 Å². The van der Waals surface area contributed by atoms with Crippen molar-refractivity contribution in [1.82, 2.24) is 0 Å². The van der Waals surface area contributed by atoms with Crippen molar-refractivity contribution in [2.24, 2.45) is 5.92 Å². The van der Waals surface area contributed by atoms with E-state index in [0.717, 1.165) is 6.42 Å². The van der Waals surface area contributed by atoms with Gasteiger partial charge in [0.1, 0.15) is 5.78 Å². The normalized spacial score (nSPS) is 12.2. The second kappa shape index (κ2) is 8.22. The summed E-state index contributed by atoms with van der Waals surface area (Å²) in [7, 11) is 2.91. The van der Waals surface area contributed by atoms with E-state index in [1.165, 1.54) is 13.2 Å². The van der Waals surface area contributed by atoms with E-state index in [9.17, 15) is 9.18 Å². The van der Waals surface area contributed by atoms with Gasteiger partial charge in [-0.3, -0.25) is 4.79 Å². The summed E-state index contributed by atoms with van der Waals surface area (Å²) in [6, 6.07) is 2.98. The van der Waals surface area contributed by atoms with E-state index in [-0.39, 0.29) is 22.5 Å². The number of rotatable bonds is 8. The predicted octanol–water partition coefficient (Wildman–Crippen LogP) is 3.66. The molecule has 0 aliphatic heterocycles. The largest absolute Gasteiger partial charge is 0.492 e. The van der Waals surface area contributed by atoms with Crippen LogP contribution in [0.2, 0.25) is 5.02 Å². The van der Waals surface area contributed by atoms with E-state index in [2.05, 4.69) is 0 Å². The topological polar surface area (TPSA) is 35.5 Å². The highest BCUT2D eigenvalue weighted by molar-refractivity contribution is 6.32. The van der Waals surface area contributed by atoms with Gasteiger partial charge in [-0.1, -0.05) is 18.5 Å². The Morgan fingerprint density at radius 2 is 2.10 bits per heavy atom. The summed E-state index contributed by atoms with van der Waals surface area (Å²) < 4.78 is 23.7. The zero-order valence-corrected chi connectivity index (χ0v) is 12.8. The van der Waals surface area contributed by atoms with E-state index in [4.69, 9.17) is 21.1 Å². The number of carbonyl (C=O) groups excluding carboxylic acids is 1. The first-order chi connectivity index (χ1) is 9.53. The Morgan fingerprint density at radius 1 is 1.40 bits per heavy atom. The van der Waals surface area contributed by atoms with E-state index >= 15 is 0 Å². The number of ketones is 1. The highest BCUT2D eigenvalue weighted by atomic mass is 35.5. The fourth-order valence-corrected chi connectivity index (χ4v) is 2.43. The summed E-state index contributed by atoms with van der Waals surface area (Å²) in [6.07, 6.45) is 1.70. The maximum atomic E-state index is 13.8.